The standard InChI is InChI=1S/C21H27F3N4O4/c22-21(23,24)14-2-5-25-17(11-14)27-6-8-28(9-7-27)18(29)20(15-3-10-32-13-15)4-1-16(12-20)26-19(30)31/h2,5,11,15-16,26H,1,3-4,6-10,12-13H2,(H,30,31)/t15-,16+,20-/m0/s1. The number of aromatic nitrogens is 1. The number of piperazine rings is 1. The molecule has 8 nitrogen and oxygen atoms in total. The van der Waals surface area contributed by atoms with E-state index in [0.717, 1.165) is 24.8 Å². The van der Waals surface area contributed by atoms with Crippen LogP contribution in [0.3, 0.4) is 0 Å². The molecule has 2 amide bonds. The lowest BCUT2D eigenvalue weighted by Crippen LogP contribution is -2.55. The van der Waals surface area contributed by atoms with Gasteiger partial charge in [-0.3, -0.25) is 4.79 Å². The summed E-state index contributed by atoms with van der Waals surface area (Å²) >= 11 is 0. The van der Waals surface area contributed by atoms with Gasteiger partial charge in [0.15, 0.2) is 0 Å². The first-order valence-corrected chi connectivity index (χ1v) is 10.8. The summed E-state index contributed by atoms with van der Waals surface area (Å²) in [5, 5.41) is 11.6. The smallest absolute Gasteiger partial charge is 0.416 e. The maximum atomic E-state index is 13.7. The van der Waals surface area contributed by atoms with Crippen molar-refractivity contribution in [3.05, 3.63) is 23.9 Å². The number of hydrogen-bond donors (Lipinski definition) is 2. The number of amides is 2. The van der Waals surface area contributed by atoms with Crippen molar-refractivity contribution in [3.63, 3.8) is 0 Å². The molecule has 3 fully saturated rings. The van der Waals surface area contributed by atoms with Crippen molar-refractivity contribution in [1.29, 1.82) is 0 Å². The Morgan fingerprint density at radius 2 is 1.97 bits per heavy atom. The Morgan fingerprint density at radius 3 is 2.59 bits per heavy atom. The molecule has 2 aliphatic heterocycles. The van der Waals surface area contributed by atoms with E-state index in [4.69, 9.17) is 9.84 Å². The molecule has 0 spiro atoms. The zero-order valence-electron chi connectivity index (χ0n) is 17.6. The van der Waals surface area contributed by atoms with Crippen LogP contribution in [0.4, 0.5) is 23.8 Å². The van der Waals surface area contributed by atoms with E-state index in [1.54, 1.807) is 9.80 Å². The van der Waals surface area contributed by atoms with Gasteiger partial charge in [0, 0.05) is 45.0 Å². The van der Waals surface area contributed by atoms with Gasteiger partial charge in [-0.05, 0) is 43.7 Å². The molecule has 1 aliphatic carbocycles. The number of pyridine rings is 1. The highest BCUT2D eigenvalue weighted by atomic mass is 19.4. The first-order chi connectivity index (χ1) is 15.2. The van der Waals surface area contributed by atoms with E-state index in [9.17, 15) is 22.8 Å². The second kappa shape index (κ2) is 8.76. The van der Waals surface area contributed by atoms with Crippen molar-refractivity contribution < 1.29 is 32.6 Å². The number of carbonyl (C=O) groups is 2. The van der Waals surface area contributed by atoms with E-state index >= 15 is 0 Å². The number of ether oxygens (including phenoxy) is 1. The van der Waals surface area contributed by atoms with Crippen molar-refractivity contribution in [2.75, 3.05) is 44.3 Å². The van der Waals surface area contributed by atoms with E-state index in [-0.39, 0.29) is 23.7 Å². The highest BCUT2D eigenvalue weighted by Gasteiger charge is 2.53. The molecular weight excluding hydrogens is 429 g/mol. The van der Waals surface area contributed by atoms with Crippen LogP contribution in [0.5, 0.6) is 0 Å². The molecule has 0 aromatic carbocycles. The largest absolute Gasteiger partial charge is 0.465 e. The number of rotatable bonds is 4. The summed E-state index contributed by atoms with van der Waals surface area (Å²) in [6, 6.07) is 1.71. The number of hydrogen-bond acceptors (Lipinski definition) is 5. The van der Waals surface area contributed by atoms with Crippen LogP contribution in [-0.4, -0.2) is 72.4 Å². The van der Waals surface area contributed by atoms with Gasteiger partial charge in [-0.2, -0.15) is 13.2 Å². The molecule has 2 N–H and O–H groups in total. The molecule has 3 heterocycles. The molecule has 4 rings (SSSR count). The van der Waals surface area contributed by atoms with E-state index < -0.39 is 23.2 Å². The van der Waals surface area contributed by atoms with E-state index in [0.29, 0.717) is 58.7 Å². The van der Waals surface area contributed by atoms with Crippen LogP contribution in [0, 0.1) is 11.3 Å². The third-order valence-corrected chi connectivity index (χ3v) is 6.98. The highest BCUT2D eigenvalue weighted by Crippen LogP contribution is 2.49. The van der Waals surface area contributed by atoms with Gasteiger partial charge in [0.05, 0.1) is 17.6 Å². The van der Waals surface area contributed by atoms with E-state index in [1.165, 1.54) is 0 Å². The molecule has 3 atom stereocenters. The summed E-state index contributed by atoms with van der Waals surface area (Å²) in [6.07, 6.45) is -1.97. The summed E-state index contributed by atoms with van der Waals surface area (Å²) in [4.78, 5) is 32.4. The van der Waals surface area contributed by atoms with Crippen LogP contribution < -0.4 is 10.2 Å². The molecule has 1 saturated carbocycles. The molecular formula is C21H27F3N4O4. The first-order valence-electron chi connectivity index (χ1n) is 10.8. The van der Waals surface area contributed by atoms with Gasteiger partial charge in [-0.1, -0.05) is 0 Å². The fraction of sp³-hybridized carbons (Fsp3) is 0.667. The molecule has 176 valence electrons. The number of nitrogens with zero attached hydrogens (tertiary/aromatic N) is 3. The van der Waals surface area contributed by atoms with Gasteiger partial charge in [-0.25, -0.2) is 9.78 Å². The SMILES string of the molecule is O=C(O)N[C@@H]1CC[C@@](C(=O)N2CCN(c3cc(C(F)(F)F)ccn3)CC2)([C@H]2CCOC2)C1. The Hall–Kier alpha value is -2.56. The van der Waals surface area contributed by atoms with Crippen LogP contribution in [-0.2, 0) is 15.7 Å². The average molecular weight is 456 g/mol. The van der Waals surface area contributed by atoms with Crippen LogP contribution in [0.15, 0.2) is 18.3 Å². The lowest BCUT2D eigenvalue weighted by molar-refractivity contribution is -0.146. The molecule has 2 saturated heterocycles. The topological polar surface area (TPSA) is 95.0 Å². The van der Waals surface area contributed by atoms with Crippen molar-refractivity contribution in [3.8, 4) is 0 Å². The normalized spacial score (nSPS) is 28.7. The predicted molar refractivity (Wildman–Crippen MR) is 108 cm³/mol. The zero-order chi connectivity index (χ0) is 22.9. The lowest BCUT2D eigenvalue weighted by Gasteiger charge is -2.42. The summed E-state index contributed by atoms with van der Waals surface area (Å²) in [7, 11) is 0. The van der Waals surface area contributed by atoms with Gasteiger partial charge in [0.1, 0.15) is 5.82 Å². The van der Waals surface area contributed by atoms with E-state index in [2.05, 4.69) is 10.3 Å². The van der Waals surface area contributed by atoms with E-state index in [1.807, 2.05) is 0 Å². The third-order valence-electron chi connectivity index (χ3n) is 6.98. The summed E-state index contributed by atoms with van der Waals surface area (Å²) < 4.78 is 44.6. The lowest BCUT2D eigenvalue weighted by atomic mass is 9.72. The third kappa shape index (κ3) is 4.48. The Balaban J connectivity index is 1.45. The quantitative estimate of drug-likeness (QED) is 0.723. The number of alkyl halides is 3. The minimum absolute atomic E-state index is 0.000611. The maximum absolute atomic E-state index is 13.7. The van der Waals surface area contributed by atoms with Crippen molar-refractivity contribution in [1.82, 2.24) is 15.2 Å². The van der Waals surface area contributed by atoms with Gasteiger partial charge in [0.2, 0.25) is 5.91 Å². The fourth-order valence-corrected chi connectivity index (χ4v) is 5.30. The van der Waals surface area contributed by atoms with Crippen molar-refractivity contribution >= 4 is 17.8 Å². The minimum atomic E-state index is -4.44. The Kier molecular flexibility index (Phi) is 6.19. The molecule has 0 bridgehead atoms. The molecule has 11 heteroatoms. The predicted octanol–water partition coefficient (Wildman–Crippen LogP) is 2.59. The number of carbonyl (C=O) groups excluding carboxylic acids is 1. The number of carboxylic acid groups (broad SMARTS) is 1. The molecule has 32 heavy (non-hydrogen) atoms. The summed E-state index contributed by atoms with van der Waals surface area (Å²) in [5.74, 6) is 0.288. The summed E-state index contributed by atoms with van der Waals surface area (Å²) in [6.45, 7) is 2.60. The zero-order valence-corrected chi connectivity index (χ0v) is 17.6. The van der Waals surface area contributed by atoms with Crippen LogP contribution in [0.1, 0.15) is 31.2 Å². The van der Waals surface area contributed by atoms with Gasteiger partial charge in [0.25, 0.3) is 0 Å². The second-order valence-corrected chi connectivity index (χ2v) is 8.79. The van der Waals surface area contributed by atoms with Gasteiger partial charge < -0.3 is 25.0 Å². The van der Waals surface area contributed by atoms with Gasteiger partial charge in [-0.15, -0.1) is 0 Å². The van der Waals surface area contributed by atoms with Crippen molar-refractivity contribution in [2.45, 2.75) is 37.9 Å². The molecule has 1 aromatic rings. The minimum Gasteiger partial charge on any atom is -0.465 e. The molecule has 1 aromatic heterocycles. The molecule has 3 aliphatic rings. The van der Waals surface area contributed by atoms with Crippen molar-refractivity contribution in [2.24, 2.45) is 11.3 Å². The van der Waals surface area contributed by atoms with Crippen LogP contribution >= 0.6 is 0 Å². The van der Waals surface area contributed by atoms with Crippen LogP contribution in [0.25, 0.3) is 0 Å². The monoisotopic (exact) mass is 456 g/mol. The van der Waals surface area contributed by atoms with Gasteiger partial charge >= 0.3 is 12.3 Å². The Bertz CT molecular complexity index is 854. The fourth-order valence-electron chi connectivity index (χ4n) is 5.30. The maximum Gasteiger partial charge on any atom is 0.416 e. The first kappa shape index (κ1) is 22.6. The molecule has 0 unspecified atom stereocenters. The number of nitrogens with one attached hydrogen (secondary N) is 1. The Morgan fingerprint density at radius 1 is 1.22 bits per heavy atom. The molecule has 0 radical (unpaired) electrons. The highest BCUT2D eigenvalue weighted by molar-refractivity contribution is 5.84. The average Bonchev–Trinajstić information content (AvgIpc) is 3.43. The number of halogens is 3. The van der Waals surface area contributed by atoms with Crippen LogP contribution in [0.2, 0.25) is 0 Å². The number of anilines is 1. The Labute approximate surface area is 183 Å². The second-order valence-electron chi connectivity index (χ2n) is 8.79. The summed E-state index contributed by atoms with van der Waals surface area (Å²) in [5.41, 5.74) is -1.41.